The highest BCUT2D eigenvalue weighted by Crippen LogP contribution is 2.46. The number of benzene rings is 3. The van der Waals surface area contributed by atoms with Gasteiger partial charge in [0.05, 0.1) is 5.41 Å². The molecule has 5 nitrogen and oxygen atoms in total. The Labute approximate surface area is 213 Å². The number of likely N-dealkylation sites (tertiary alicyclic amines) is 1. The van der Waals surface area contributed by atoms with Crippen molar-refractivity contribution in [3.8, 4) is 0 Å². The molecule has 5 heteroatoms. The zero-order valence-corrected chi connectivity index (χ0v) is 21.5. The largest absolute Gasteiger partial charge is 0.359 e. The molecule has 1 unspecified atom stereocenters. The highest BCUT2D eigenvalue weighted by atomic mass is 16.2. The summed E-state index contributed by atoms with van der Waals surface area (Å²) in [5, 5.41) is 5.50. The summed E-state index contributed by atoms with van der Waals surface area (Å²) in [6.07, 6.45) is 4.18. The number of hydrogen-bond donors (Lipinski definition) is 1. The number of amides is 2. The quantitative estimate of drug-likeness (QED) is 0.593. The third kappa shape index (κ3) is 3.47. The molecule has 1 atom stereocenters. The van der Waals surface area contributed by atoms with Gasteiger partial charge in [-0.2, -0.15) is 0 Å². The monoisotopic (exact) mass is 481 g/mol. The average Bonchev–Trinajstić information content (AvgIpc) is 3.10. The summed E-state index contributed by atoms with van der Waals surface area (Å²) in [4.78, 5) is 30.9. The van der Waals surface area contributed by atoms with E-state index in [0.29, 0.717) is 0 Å². The number of carbonyl (C=O) groups excluding carboxylic acids is 2. The minimum atomic E-state index is -0.814. The molecule has 3 aromatic rings. The fourth-order valence-electron chi connectivity index (χ4n) is 7.15. The van der Waals surface area contributed by atoms with Crippen LogP contribution in [-0.2, 0) is 27.8 Å². The summed E-state index contributed by atoms with van der Waals surface area (Å²) >= 11 is 0. The standard InChI is InChI=1S/C31H35N3O2/c1-30(18-22-10-6-8-21-9-7-11-23(19-30)28(21)22)33-16-14-24(15-17-33)34-26-13-5-4-12-25(26)31(2,29(34)36)20-27(35)32-3/h4-13,24H,14-20H2,1-3H3,(H,32,35). The number of nitrogens with one attached hydrogen (secondary N) is 1. The van der Waals surface area contributed by atoms with Crippen molar-refractivity contribution >= 4 is 28.3 Å². The molecule has 6 rings (SSSR count). The molecule has 1 fully saturated rings. The van der Waals surface area contributed by atoms with Gasteiger partial charge in [-0.1, -0.05) is 54.6 Å². The lowest BCUT2D eigenvalue weighted by molar-refractivity contribution is -0.129. The summed E-state index contributed by atoms with van der Waals surface area (Å²) in [5.74, 6) is -0.0342. The van der Waals surface area contributed by atoms with Crippen molar-refractivity contribution in [3.05, 3.63) is 77.4 Å². The first-order valence-corrected chi connectivity index (χ1v) is 13.2. The molecule has 1 N–H and O–H groups in total. The lowest BCUT2D eigenvalue weighted by atomic mass is 9.76. The van der Waals surface area contributed by atoms with Gasteiger partial charge in [0.2, 0.25) is 11.8 Å². The van der Waals surface area contributed by atoms with E-state index in [0.717, 1.165) is 50.0 Å². The van der Waals surface area contributed by atoms with Crippen LogP contribution >= 0.6 is 0 Å². The predicted octanol–water partition coefficient (Wildman–Crippen LogP) is 4.60. The molecular weight excluding hydrogens is 446 g/mol. The molecule has 2 aliphatic heterocycles. The van der Waals surface area contributed by atoms with Gasteiger partial charge in [-0.05, 0) is 73.1 Å². The summed E-state index contributed by atoms with van der Waals surface area (Å²) < 4.78 is 0. The van der Waals surface area contributed by atoms with Crippen LogP contribution in [0.5, 0.6) is 0 Å². The van der Waals surface area contributed by atoms with E-state index >= 15 is 0 Å². The first-order valence-electron chi connectivity index (χ1n) is 13.2. The van der Waals surface area contributed by atoms with Crippen LogP contribution < -0.4 is 10.2 Å². The molecule has 0 radical (unpaired) electrons. The van der Waals surface area contributed by atoms with Gasteiger partial charge in [0.1, 0.15) is 0 Å². The van der Waals surface area contributed by atoms with Crippen LogP contribution in [0.2, 0.25) is 0 Å². The maximum Gasteiger partial charge on any atom is 0.238 e. The van der Waals surface area contributed by atoms with Crippen LogP contribution in [0, 0.1) is 0 Å². The number of piperidine rings is 1. The second-order valence-corrected chi connectivity index (χ2v) is 11.4. The van der Waals surface area contributed by atoms with Crippen LogP contribution in [0.15, 0.2) is 60.7 Å². The van der Waals surface area contributed by atoms with Crippen molar-refractivity contribution in [1.29, 1.82) is 0 Å². The number of hydrogen-bond acceptors (Lipinski definition) is 3. The Balaban J connectivity index is 1.23. The van der Waals surface area contributed by atoms with E-state index < -0.39 is 5.41 Å². The Kier molecular flexibility index (Phi) is 5.45. The summed E-state index contributed by atoms with van der Waals surface area (Å²) in [7, 11) is 1.63. The van der Waals surface area contributed by atoms with Crippen LogP contribution in [0.25, 0.3) is 10.8 Å². The van der Waals surface area contributed by atoms with Crippen molar-refractivity contribution in [2.24, 2.45) is 0 Å². The summed E-state index contributed by atoms with van der Waals surface area (Å²) in [5.41, 5.74) is 4.13. The normalized spacial score (nSPS) is 23.6. The molecule has 0 spiro atoms. The van der Waals surface area contributed by atoms with E-state index in [-0.39, 0.29) is 29.8 Å². The number of anilines is 1. The number of para-hydroxylation sites is 1. The zero-order valence-electron chi connectivity index (χ0n) is 21.5. The minimum Gasteiger partial charge on any atom is -0.359 e. The zero-order chi connectivity index (χ0) is 25.1. The van der Waals surface area contributed by atoms with Crippen molar-refractivity contribution in [2.45, 2.75) is 62.9 Å². The third-order valence-corrected chi connectivity index (χ3v) is 9.05. The lowest BCUT2D eigenvalue weighted by Crippen LogP contribution is -2.57. The van der Waals surface area contributed by atoms with Crippen LogP contribution in [0.1, 0.15) is 49.8 Å². The molecule has 3 aliphatic rings. The van der Waals surface area contributed by atoms with Crippen LogP contribution in [0.3, 0.4) is 0 Å². The molecular formula is C31H35N3O2. The third-order valence-electron chi connectivity index (χ3n) is 9.05. The molecule has 36 heavy (non-hydrogen) atoms. The SMILES string of the molecule is CNC(=O)CC1(C)C(=O)N(C2CCN(C3(C)Cc4cccc5cccc(c45)C3)CC2)c2ccccc21. The van der Waals surface area contributed by atoms with Crippen molar-refractivity contribution in [1.82, 2.24) is 10.2 Å². The maximum absolute atomic E-state index is 13.9. The fraction of sp³-hybridized carbons (Fsp3) is 0.419. The van der Waals surface area contributed by atoms with Gasteiger partial charge in [-0.3, -0.25) is 14.5 Å². The number of rotatable bonds is 4. The Hall–Kier alpha value is -3.18. The first kappa shape index (κ1) is 23.2. The van der Waals surface area contributed by atoms with Crippen molar-refractivity contribution in [2.75, 3.05) is 25.0 Å². The van der Waals surface area contributed by atoms with E-state index in [9.17, 15) is 9.59 Å². The van der Waals surface area contributed by atoms with Crippen molar-refractivity contribution < 1.29 is 9.59 Å². The van der Waals surface area contributed by atoms with Gasteiger partial charge in [-0.25, -0.2) is 0 Å². The van der Waals surface area contributed by atoms with Gasteiger partial charge in [0, 0.05) is 43.8 Å². The molecule has 1 saturated heterocycles. The van der Waals surface area contributed by atoms with E-state index in [1.54, 1.807) is 7.05 Å². The Bertz CT molecular complexity index is 1320. The van der Waals surface area contributed by atoms with Gasteiger partial charge in [0.15, 0.2) is 0 Å². The average molecular weight is 482 g/mol. The molecule has 2 amide bonds. The van der Waals surface area contributed by atoms with E-state index in [2.05, 4.69) is 59.6 Å². The number of fused-ring (bicyclic) bond motifs is 1. The molecule has 186 valence electrons. The fourth-order valence-corrected chi connectivity index (χ4v) is 7.15. The molecule has 0 bridgehead atoms. The van der Waals surface area contributed by atoms with Crippen LogP contribution in [0.4, 0.5) is 5.69 Å². The second kappa shape index (κ2) is 8.45. The molecule has 0 saturated carbocycles. The highest BCUT2D eigenvalue weighted by molar-refractivity contribution is 6.10. The summed E-state index contributed by atoms with van der Waals surface area (Å²) in [6.45, 7) is 6.29. The Morgan fingerprint density at radius 3 is 2.22 bits per heavy atom. The van der Waals surface area contributed by atoms with Crippen molar-refractivity contribution in [3.63, 3.8) is 0 Å². The second-order valence-electron chi connectivity index (χ2n) is 11.4. The number of carbonyl (C=O) groups is 2. The molecule has 2 heterocycles. The molecule has 0 aromatic heterocycles. The topological polar surface area (TPSA) is 52.7 Å². The maximum atomic E-state index is 13.9. The lowest BCUT2D eigenvalue weighted by Gasteiger charge is -2.48. The minimum absolute atomic E-state index is 0.0650. The van der Waals surface area contributed by atoms with Gasteiger partial charge < -0.3 is 10.2 Å². The van der Waals surface area contributed by atoms with Gasteiger partial charge in [-0.15, -0.1) is 0 Å². The first-order chi connectivity index (χ1) is 17.3. The molecule has 3 aromatic carbocycles. The van der Waals surface area contributed by atoms with E-state index in [1.807, 2.05) is 30.0 Å². The Morgan fingerprint density at radius 1 is 0.944 bits per heavy atom. The predicted molar refractivity (Wildman–Crippen MR) is 144 cm³/mol. The van der Waals surface area contributed by atoms with Crippen LogP contribution in [-0.4, -0.2) is 48.4 Å². The van der Waals surface area contributed by atoms with Gasteiger partial charge >= 0.3 is 0 Å². The molecule has 1 aliphatic carbocycles. The van der Waals surface area contributed by atoms with E-state index in [1.165, 1.54) is 21.9 Å². The van der Waals surface area contributed by atoms with Gasteiger partial charge in [0.25, 0.3) is 0 Å². The van der Waals surface area contributed by atoms with E-state index in [4.69, 9.17) is 0 Å². The smallest absolute Gasteiger partial charge is 0.238 e. The highest BCUT2D eigenvalue weighted by Gasteiger charge is 2.51. The Morgan fingerprint density at radius 2 is 1.58 bits per heavy atom. The summed E-state index contributed by atoms with van der Waals surface area (Å²) in [6, 6.07) is 21.6. The number of nitrogens with zero attached hydrogens (tertiary/aromatic N) is 2.